The molecule has 4 rings (SSSR count). The first kappa shape index (κ1) is 16.5. The number of aryl methyl sites for hydroxylation is 1. The lowest BCUT2D eigenvalue weighted by Gasteiger charge is -2.05. The van der Waals surface area contributed by atoms with Crippen molar-refractivity contribution >= 4 is 23.4 Å². The third-order valence-corrected chi connectivity index (χ3v) is 4.78. The predicted octanol–water partition coefficient (Wildman–Crippen LogP) is 3.84. The highest BCUT2D eigenvalue weighted by molar-refractivity contribution is 7.99. The second-order valence-corrected chi connectivity index (χ2v) is 6.75. The molecule has 6 nitrogen and oxygen atoms in total. The van der Waals surface area contributed by atoms with Gasteiger partial charge < -0.3 is 19.8 Å². The molecule has 132 valence electrons. The Bertz CT molecular complexity index is 940. The van der Waals surface area contributed by atoms with E-state index in [-0.39, 0.29) is 18.5 Å². The third kappa shape index (κ3) is 3.52. The summed E-state index contributed by atoms with van der Waals surface area (Å²) in [4.78, 5) is 20.0. The number of anilines is 1. The molecule has 1 aliphatic heterocycles. The van der Waals surface area contributed by atoms with Crippen molar-refractivity contribution in [2.24, 2.45) is 0 Å². The Morgan fingerprint density at radius 1 is 1.19 bits per heavy atom. The molecule has 0 saturated heterocycles. The van der Waals surface area contributed by atoms with Crippen LogP contribution in [0.1, 0.15) is 5.69 Å². The molecule has 2 heterocycles. The van der Waals surface area contributed by atoms with Gasteiger partial charge in [-0.1, -0.05) is 42.1 Å². The van der Waals surface area contributed by atoms with Gasteiger partial charge in [-0.25, -0.2) is 4.98 Å². The number of hydrogen-bond donors (Lipinski definition) is 2. The molecule has 1 aromatic heterocycles. The molecule has 0 atom stereocenters. The number of hydrogen-bond acceptors (Lipinski definition) is 5. The smallest absolute Gasteiger partial charge is 0.234 e. The molecule has 7 heteroatoms. The minimum atomic E-state index is -0.107. The number of amides is 1. The Hall–Kier alpha value is -2.93. The van der Waals surface area contributed by atoms with Crippen LogP contribution in [0.25, 0.3) is 11.3 Å². The van der Waals surface area contributed by atoms with E-state index in [1.165, 1.54) is 11.8 Å². The summed E-state index contributed by atoms with van der Waals surface area (Å²) in [6.07, 6.45) is 0. The molecule has 0 spiro atoms. The van der Waals surface area contributed by atoms with E-state index in [0.29, 0.717) is 17.2 Å². The summed E-state index contributed by atoms with van der Waals surface area (Å²) < 4.78 is 10.6. The number of carbonyl (C=O) groups excluding carboxylic acids is 1. The standard InChI is InChI=1S/C19H17N3O3S/c1-12-18(13-5-3-2-4-6-13)22-19(20-12)26-10-17(23)21-14-7-8-15-16(9-14)25-11-24-15/h2-9H,10-11H2,1H3,(H,20,22)(H,21,23). The summed E-state index contributed by atoms with van der Waals surface area (Å²) in [6.45, 7) is 2.19. The van der Waals surface area contributed by atoms with Crippen LogP contribution in [0.3, 0.4) is 0 Å². The molecule has 0 fully saturated rings. The first-order chi connectivity index (χ1) is 12.7. The summed E-state index contributed by atoms with van der Waals surface area (Å²) in [7, 11) is 0. The quantitative estimate of drug-likeness (QED) is 0.670. The average molecular weight is 367 g/mol. The van der Waals surface area contributed by atoms with E-state index < -0.39 is 0 Å². The molecule has 0 aliphatic carbocycles. The number of aromatic amines is 1. The van der Waals surface area contributed by atoms with Crippen molar-refractivity contribution in [3.63, 3.8) is 0 Å². The van der Waals surface area contributed by atoms with Gasteiger partial charge in [0.15, 0.2) is 16.7 Å². The van der Waals surface area contributed by atoms with Crippen molar-refractivity contribution in [2.45, 2.75) is 12.1 Å². The van der Waals surface area contributed by atoms with E-state index >= 15 is 0 Å². The summed E-state index contributed by atoms with van der Waals surface area (Å²) in [5.41, 5.74) is 3.62. The van der Waals surface area contributed by atoms with Crippen LogP contribution in [0.5, 0.6) is 11.5 Å². The normalized spacial score (nSPS) is 12.2. The molecule has 1 aliphatic rings. The van der Waals surface area contributed by atoms with Crippen LogP contribution in [0.2, 0.25) is 0 Å². The summed E-state index contributed by atoms with van der Waals surface area (Å²) >= 11 is 1.37. The number of benzene rings is 2. The first-order valence-electron chi connectivity index (χ1n) is 8.13. The number of thioether (sulfide) groups is 1. The largest absolute Gasteiger partial charge is 0.454 e. The van der Waals surface area contributed by atoms with Crippen molar-refractivity contribution in [2.75, 3.05) is 17.9 Å². The van der Waals surface area contributed by atoms with Gasteiger partial charge in [0.2, 0.25) is 12.7 Å². The molecule has 0 saturated carbocycles. The Kier molecular flexibility index (Phi) is 4.53. The zero-order valence-corrected chi connectivity index (χ0v) is 14.9. The van der Waals surface area contributed by atoms with Crippen LogP contribution >= 0.6 is 11.8 Å². The fraction of sp³-hybridized carbons (Fsp3) is 0.158. The van der Waals surface area contributed by atoms with Crippen molar-refractivity contribution in [3.8, 4) is 22.8 Å². The zero-order chi connectivity index (χ0) is 17.9. The number of nitrogens with one attached hydrogen (secondary N) is 2. The van der Waals surface area contributed by atoms with Gasteiger partial charge in [0, 0.05) is 23.0 Å². The lowest BCUT2D eigenvalue weighted by molar-refractivity contribution is -0.113. The Morgan fingerprint density at radius 3 is 2.85 bits per heavy atom. The van der Waals surface area contributed by atoms with Crippen molar-refractivity contribution in [3.05, 3.63) is 54.2 Å². The SMILES string of the molecule is Cc1[nH]c(SCC(=O)Nc2ccc3c(c2)OCO3)nc1-c1ccccc1. The van der Waals surface area contributed by atoms with Crippen LogP contribution in [-0.4, -0.2) is 28.4 Å². The summed E-state index contributed by atoms with van der Waals surface area (Å²) in [5.74, 6) is 1.49. The van der Waals surface area contributed by atoms with Gasteiger partial charge in [-0.2, -0.15) is 0 Å². The average Bonchev–Trinajstić information content (AvgIpc) is 3.26. The highest BCUT2D eigenvalue weighted by atomic mass is 32.2. The van der Waals surface area contributed by atoms with Crippen LogP contribution in [-0.2, 0) is 4.79 Å². The second kappa shape index (κ2) is 7.13. The molecule has 1 amide bonds. The molecule has 2 N–H and O–H groups in total. The van der Waals surface area contributed by atoms with Crippen LogP contribution in [0.15, 0.2) is 53.7 Å². The number of imidazole rings is 1. The van der Waals surface area contributed by atoms with E-state index in [4.69, 9.17) is 9.47 Å². The topological polar surface area (TPSA) is 76.2 Å². The third-order valence-electron chi connectivity index (χ3n) is 3.91. The Labute approximate surface area is 154 Å². The van der Waals surface area contributed by atoms with Gasteiger partial charge in [-0.15, -0.1) is 0 Å². The van der Waals surface area contributed by atoms with E-state index in [1.54, 1.807) is 18.2 Å². The molecule has 0 unspecified atom stereocenters. The van der Waals surface area contributed by atoms with E-state index in [2.05, 4.69) is 15.3 Å². The lowest BCUT2D eigenvalue weighted by Crippen LogP contribution is -2.14. The number of nitrogens with zero attached hydrogens (tertiary/aromatic N) is 1. The lowest BCUT2D eigenvalue weighted by atomic mass is 10.1. The minimum Gasteiger partial charge on any atom is -0.454 e. The number of carbonyl (C=O) groups is 1. The number of aromatic nitrogens is 2. The highest BCUT2D eigenvalue weighted by Gasteiger charge is 2.15. The second-order valence-electron chi connectivity index (χ2n) is 5.79. The molecule has 0 radical (unpaired) electrons. The van der Waals surface area contributed by atoms with Crippen LogP contribution < -0.4 is 14.8 Å². The molecular formula is C19H17N3O3S. The number of fused-ring (bicyclic) bond motifs is 1. The van der Waals surface area contributed by atoms with E-state index in [0.717, 1.165) is 22.1 Å². The maximum absolute atomic E-state index is 12.2. The van der Waals surface area contributed by atoms with E-state index in [1.807, 2.05) is 37.3 Å². The molecule has 2 aromatic carbocycles. The number of rotatable bonds is 5. The molecule has 3 aromatic rings. The van der Waals surface area contributed by atoms with Crippen molar-refractivity contribution in [1.82, 2.24) is 9.97 Å². The van der Waals surface area contributed by atoms with Gasteiger partial charge in [-0.05, 0) is 19.1 Å². The van der Waals surface area contributed by atoms with E-state index in [9.17, 15) is 4.79 Å². The van der Waals surface area contributed by atoms with Crippen LogP contribution in [0, 0.1) is 6.92 Å². The maximum atomic E-state index is 12.2. The monoisotopic (exact) mass is 367 g/mol. The number of H-pyrrole nitrogens is 1. The van der Waals surface area contributed by atoms with Gasteiger partial charge in [-0.3, -0.25) is 4.79 Å². The Balaban J connectivity index is 1.37. The zero-order valence-electron chi connectivity index (χ0n) is 14.1. The van der Waals surface area contributed by atoms with Crippen molar-refractivity contribution in [1.29, 1.82) is 0 Å². The number of ether oxygens (including phenoxy) is 2. The highest BCUT2D eigenvalue weighted by Crippen LogP contribution is 2.34. The maximum Gasteiger partial charge on any atom is 0.234 e. The summed E-state index contributed by atoms with van der Waals surface area (Å²) in [6, 6.07) is 15.3. The molecule has 0 bridgehead atoms. The molecule has 26 heavy (non-hydrogen) atoms. The fourth-order valence-corrected chi connectivity index (χ4v) is 3.40. The van der Waals surface area contributed by atoms with Gasteiger partial charge in [0.05, 0.1) is 11.4 Å². The molecular weight excluding hydrogens is 350 g/mol. The fourth-order valence-electron chi connectivity index (χ4n) is 2.68. The van der Waals surface area contributed by atoms with Crippen molar-refractivity contribution < 1.29 is 14.3 Å². The Morgan fingerprint density at radius 2 is 2.00 bits per heavy atom. The first-order valence-corrected chi connectivity index (χ1v) is 9.12. The minimum absolute atomic E-state index is 0.107. The van der Waals surface area contributed by atoms with Gasteiger partial charge in [0.1, 0.15) is 0 Å². The van der Waals surface area contributed by atoms with Crippen LogP contribution in [0.4, 0.5) is 5.69 Å². The van der Waals surface area contributed by atoms with Gasteiger partial charge in [0.25, 0.3) is 0 Å². The summed E-state index contributed by atoms with van der Waals surface area (Å²) in [5, 5.41) is 3.58. The predicted molar refractivity (Wildman–Crippen MR) is 101 cm³/mol. The van der Waals surface area contributed by atoms with Gasteiger partial charge >= 0.3 is 0 Å².